The number of carbonyl (C=O) groups excluding carboxylic acids is 1. The molecule has 14 heteroatoms. The Morgan fingerprint density at radius 2 is 1.77 bits per heavy atom. The molecule has 61 heavy (non-hydrogen) atoms. The van der Waals surface area contributed by atoms with Crippen molar-refractivity contribution in [2.24, 2.45) is 0 Å². The van der Waals surface area contributed by atoms with Crippen LogP contribution in [0.4, 0.5) is 15.0 Å². The van der Waals surface area contributed by atoms with Gasteiger partial charge in [-0.15, -0.1) is 6.42 Å². The highest BCUT2D eigenvalue weighted by molar-refractivity contribution is 6.04. The number of fused-ring (bicyclic) bond motifs is 4. The van der Waals surface area contributed by atoms with Crippen molar-refractivity contribution in [1.29, 1.82) is 0 Å². The van der Waals surface area contributed by atoms with Crippen LogP contribution >= 0.6 is 0 Å². The number of nitrogens with zero attached hydrogens (tertiary/aromatic N) is 7. The van der Waals surface area contributed by atoms with Crippen molar-refractivity contribution in [1.82, 2.24) is 29.6 Å². The van der Waals surface area contributed by atoms with E-state index in [0.717, 1.165) is 60.7 Å². The number of anilines is 1. The molecule has 1 amide bonds. The van der Waals surface area contributed by atoms with Crippen molar-refractivity contribution in [3.05, 3.63) is 64.7 Å². The highest BCUT2D eigenvalue weighted by Gasteiger charge is 2.48. The van der Waals surface area contributed by atoms with Gasteiger partial charge in [-0.05, 0) is 89.5 Å². The Labute approximate surface area is 354 Å². The molecule has 0 N–H and O–H groups in total. The fraction of sp³-hybridized carbons (Fsp3) is 0.511. The summed E-state index contributed by atoms with van der Waals surface area (Å²) in [7, 11) is 0. The number of ether oxygens (including phenoxy) is 5. The molecule has 2 bridgehead atoms. The van der Waals surface area contributed by atoms with Gasteiger partial charge >= 0.3 is 12.1 Å². The maximum atomic E-state index is 16.5. The summed E-state index contributed by atoms with van der Waals surface area (Å²) in [5.74, 6) is 3.55. The molecule has 3 atom stereocenters. The number of rotatable bonds is 9. The van der Waals surface area contributed by atoms with Crippen LogP contribution in [-0.4, -0.2) is 92.4 Å². The Balaban J connectivity index is 1.17. The average Bonchev–Trinajstić information content (AvgIpc) is 3.69. The first-order valence-electron chi connectivity index (χ1n) is 21.8. The van der Waals surface area contributed by atoms with Crippen LogP contribution in [-0.2, 0) is 20.8 Å². The SMILES string of the molecule is C#Cc1ccc(COc2c(-c3c(C)c(F)cc4c3cnn4C3CCCCO3)c(C3CC3)nc3c(N4C[C@@H]5C[C@H]4CN5C(=O)OC(C)(C)C)nc(OC4CCOCC4)nc23)cc1. The summed E-state index contributed by atoms with van der Waals surface area (Å²) in [6.45, 7) is 10.5. The van der Waals surface area contributed by atoms with Crippen molar-refractivity contribution in [3.63, 3.8) is 0 Å². The molecule has 4 aliphatic heterocycles. The van der Waals surface area contributed by atoms with Gasteiger partial charge in [0.05, 0.1) is 42.7 Å². The van der Waals surface area contributed by atoms with E-state index in [1.54, 1.807) is 6.07 Å². The smallest absolute Gasteiger partial charge is 0.410 e. The maximum absolute atomic E-state index is 16.5. The van der Waals surface area contributed by atoms with Crippen LogP contribution in [0.5, 0.6) is 11.8 Å². The van der Waals surface area contributed by atoms with E-state index in [1.807, 2.05) is 67.7 Å². The minimum atomic E-state index is -0.605. The van der Waals surface area contributed by atoms with Crippen LogP contribution in [0.15, 0.2) is 36.5 Å². The van der Waals surface area contributed by atoms with Crippen LogP contribution in [0.3, 0.4) is 0 Å². The molecule has 5 fully saturated rings. The number of halogens is 1. The standard InChI is InChI=1S/C47H52FN7O6/c1-6-28-10-12-29(13-11-28)26-59-43-39(38-27(2)35(48)22-36-34(38)23-49-55(36)37-9-7-8-18-58-37)40(30-14-15-30)50-42-41(43)51-45(60-33-16-19-57-20-17-33)52-44(42)53-24-32-21-31(53)25-54(32)46(56)61-47(3,4)5/h1,10-13,22-23,30-33,37H,7-9,14-21,24-26H2,2-5H3/t31-,32-,37?/m0/s1. The molecular weight excluding hydrogens is 778 g/mol. The molecule has 10 rings (SSSR count). The van der Waals surface area contributed by atoms with E-state index in [-0.39, 0.29) is 54.9 Å². The molecule has 3 aromatic heterocycles. The Morgan fingerprint density at radius 1 is 0.967 bits per heavy atom. The third-order valence-electron chi connectivity index (χ3n) is 12.6. The lowest BCUT2D eigenvalue weighted by atomic mass is 9.92. The third-order valence-corrected chi connectivity index (χ3v) is 12.6. The maximum Gasteiger partial charge on any atom is 0.410 e. The minimum Gasteiger partial charge on any atom is -0.486 e. The molecule has 318 valence electrons. The zero-order valence-corrected chi connectivity index (χ0v) is 35.3. The molecule has 0 radical (unpaired) electrons. The molecule has 7 heterocycles. The largest absolute Gasteiger partial charge is 0.486 e. The van der Waals surface area contributed by atoms with Gasteiger partial charge in [-0.25, -0.2) is 18.9 Å². The predicted molar refractivity (Wildman–Crippen MR) is 227 cm³/mol. The first kappa shape index (κ1) is 39.6. The van der Waals surface area contributed by atoms with Gasteiger partial charge in [0.2, 0.25) is 0 Å². The summed E-state index contributed by atoms with van der Waals surface area (Å²) < 4.78 is 49.6. The number of terminal acetylenes is 1. The first-order chi connectivity index (χ1) is 29.5. The number of benzene rings is 2. The fourth-order valence-electron chi connectivity index (χ4n) is 9.37. The topological polar surface area (TPSA) is 126 Å². The second-order valence-electron chi connectivity index (χ2n) is 18.1. The second-order valence-corrected chi connectivity index (χ2v) is 18.1. The average molecular weight is 830 g/mol. The summed E-state index contributed by atoms with van der Waals surface area (Å²) in [4.78, 5) is 33.3. The molecule has 4 saturated heterocycles. The van der Waals surface area contributed by atoms with Crippen LogP contribution < -0.4 is 14.4 Å². The monoisotopic (exact) mass is 829 g/mol. The molecule has 1 unspecified atom stereocenters. The Kier molecular flexibility index (Phi) is 10.2. The molecular formula is C47H52FN7O6. The Morgan fingerprint density at radius 3 is 2.46 bits per heavy atom. The molecule has 5 aliphatic rings. The van der Waals surface area contributed by atoms with E-state index in [4.69, 9.17) is 50.2 Å². The molecule has 1 aliphatic carbocycles. The predicted octanol–water partition coefficient (Wildman–Crippen LogP) is 8.38. The minimum absolute atomic E-state index is 0.0330. The molecule has 0 spiro atoms. The number of aromatic nitrogens is 5. The summed E-state index contributed by atoms with van der Waals surface area (Å²) in [5, 5.41) is 5.62. The fourth-order valence-corrected chi connectivity index (χ4v) is 9.37. The van der Waals surface area contributed by atoms with Crippen LogP contribution in [0.1, 0.15) is 107 Å². The highest BCUT2D eigenvalue weighted by Crippen LogP contribution is 2.52. The number of amides is 1. The number of carbonyl (C=O) groups is 1. The highest BCUT2D eigenvalue weighted by atomic mass is 19.1. The first-order valence-corrected chi connectivity index (χ1v) is 21.8. The van der Waals surface area contributed by atoms with Crippen molar-refractivity contribution in [3.8, 4) is 35.2 Å². The van der Waals surface area contributed by atoms with Crippen LogP contribution in [0.25, 0.3) is 33.1 Å². The lowest BCUT2D eigenvalue weighted by Crippen LogP contribution is -2.50. The summed E-state index contributed by atoms with van der Waals surface area (Å²) in [5.41, 5.74) is 5.41. The molecule has 5 aromatic rings. The van der Waals surface area contributed by atoms with Gasteiger partial charge in [0.15, 0.2) is 17.8 Å². The lowest BCUT2D eigenvalue weighted by Gasteiger charge is -2.36. The van der Waals surface area contributed by atoms with Gasteiger partial charge in [0.25, 0.3) is 0 Å². The van der Waals surface area contributed by atoms with Crippen molar-refractivity contribution >= 4 is 33.8 Å². The summed E-state index contributed by atoms with van der Waals surface area (Å²) in [6, 6.07) is 9.38. The third kappa shape index (κ3) is 7.60. The van der Waals surface area contributed by atoms with Crippen molar-refractivity contribution in [2.45, 2.75) is 122 Å². The zero-order valence-electron chi connectivity index (χ0n) is 35.3. The van der Waals surface area contributed by atoms with E-state index < -0.39 is 5.60 Å². The Bertz CT molecular complexity index is 2530. The van der Waals surface area contributed by atoms with Gasteiger partial charge in [-0.3, -0.25) is 0 Å². The second kappa shape index (κ2) is 15.7. The number of hydrogen-bond donors (Lipinski definition) is 0. The van der Waals surface area contributed by atoms with E-state index in [2.05, 4.69) is 10.8 Å². The molecule has 13 nitrogen and oxygen atoms in total. The summed E-state index contributed by atoms with van der Waals surface area (Å²) >= 11 is 0. The zero-order chi connectivity index (χ0) is 42.0. The van der Waals surface area contributed by atoms with Crippen LogP contribution in [0.2, 0.25) is 0 Å². The van der Waals surface area contributed by atoms with Gasteiger partial charge in [-0.1, -0.05) is 18.1 Å². The normalized spacial score (nSPS) is 21.9. The van der Waals surface area contributed by atoms with E-state index in [9.17, 15) is 4.79 Å². The van der Waals surface area contributed by atoms with E-state index >= 15 is 4.39 Å². The number of pyridine rings is 1. The van der Waals surface area contributed by atoms with E-state index in [0.29, 0.717) is 90.6 Å². The number of hydrogen-bond acceptors (Lipinski definition) is 11. The number of piperazine rings is 1. The van der Waals surface area contributed by atoms with Gasteiger partial charge < -0.3 is 33.5 Å². The van der Waals surface area contributed by atoms with Gasteiger partial charge in [0, 0.05) is 66.6 Å². The van der Waals surface area contributed by atoms with Gasteiger partial charge in [-0.2, -0.15) is 15.1 Å². The summed E-state index contributed by atoms with van der Waals surface area (Å²) in [6.07, 6.45) is 13.6. The molecule has 1 saturated carbocycles. The quantitative estimate of drug-likeness (QED) is 0.133. The van der Waals surface area contributed by atoms with Crippen molar-refractivity contribution < 1.29 is 32.9 Å². The van der Waals surface area contributed by atoms with Gasteiger partial charge in [0.1, 0.15) is 35.2 Å². The lowest BCUT2D eigenvalue weighted by molar-refractivity contribution is -0.0366. The molecule has 2 aromatic carbocycles. The van der Waals surface area contributed by atoms with E-state index in [1.165, 1.54) is 0 Å². The van der Waals surface area contributed by atoms with Crippen molar-refractivity contribution in [2.75, 3.05) is 37.8 Å². The number of likely N-dealkylation sites (tertiary alicyclic amines) is 1. The van der Waals surface area contributed by atoms with Crippen LogP contribution in [0, 0.1) is 25.1 Å². The Hall–Kier alpha value is -5.52.